The van der Waals surface area contributed by atoms with Gasteiger partial charge in [-0.25, -0.2) is 4.79 Å². The van der Waals surface area contributed by atoms with Gasteiger partial charge in [-0.15, -0.1) is 0 Å². The van der Waals surface area contributed by atoms with Gasteiger partial charge in [-0.05, 0) is 26.3 Å². The van der Waals surface area contributed by atoms with Crippen LogP contribution in [0.3, 0.4) is 0 Å². The summed E-state index contributed by atoms with van der Waals surface area (Å²) in [7, 11) is 0. The van der Waals surface area contributed by atoms with Crippen molar-refractivity contribution in [3.05, 3.63) is 35.9 Å². The summed E-state index contributed by atoms with van der Waals surface area (Å²) in [4.78, 5) is 22.7. The predicted molar refractivity (Wildman–Crippen MR) is 75.2 cm³/mol. The summed E-state index contributed by atoms with van der Waals surface area (Å²) in [6.07, 6.45) is -0.543. The number of ether oxygens (including phenoxy) is 2. The van der Waals surface area contributed by atoms with Crippen LogP contribution in [-0.2, 0) is 14.3 Å². The monoisotopic (exact) mass is 279 g/mol. The number of nitrogens with one attached hydrogen (secondary N) is 1. The Morgan fingerprint density at radius 1 is 1.20 bits per heavy atom. The van der Waals surface area contributed by atoms with Gasteiger partial charge in [0.15, 0.2) is 0 Å². The summed E-state index contributed by atoms with van der Waals surface area (Å²) < 4.78 is 10.2. The standard InChI is InChI=1S/C15H21NO4/c1-11(17)19-10-13(12-8-6-5-7-9-12)16-14(18)20-15(2,3)4/h5-9,13H,10H2,1-4H3,(H,16,18)/t13-/m1/s1. The van der Waals surface area contributed by atoms with Crippen LogP contribution in [0.25, 0.3) is 0 Å². The summed E-state index contributed by atoms with van der Waals surface area (Å²) in [5.74, 6) is -0.392. The summed E-state index contributed by atoms with van der Waals surface area (Å²) in [5, 5.41) is 2.71. The van der Waals surface area contributed by atoms with Crippen molar-refractivity contribution in [2.75, 3.05) is 6.61 Å². The van der Waals surface area contributed by atoms with Gasteiger partial charge in [-0.3, -0.25) is 4.79 Å². The average molecular weight is 279 g/mol. The summed E-state index contributed by atoms with van der Waals surface area (Å²) in [6.45, 7) is 6.76. The highest BCUT2D eigenvalue weighted by Crippen LogP contribution is 2.15. The molecule has 0 unspecified atom stereocenters. The fourth-order valence-electron chi connectivity index (χ4n) is 1.56. The lowest BCUT2D eigenvalue weighted by Gasteiger charge is -2.23. The third kappa shape index (κ3) is 6.22. The smallest absolute Gasteiger partial charge is 0.408 e. The molecule has 110 valence electrons. The summed E-state index contributed by atoms with van der Waals surface area (Å²) in [6, 6.07) is 8.85. The normalized spacial score (nSPS) is 12.4. The van der Waals surface area contributed by atoms with Crippen LogP contribution in [-0.4, -0.2) is 24.3 Å². The Bertz CT molecular complexity index is 451. The Morgan fingerprint density at radius 2 is 1.80 bits per heavy atom. The molecule has 0 aliphatic rings. The maximum Gasteiger partial charge on any atom is 0.408 e. The van der Waals surface area contributed by atoms with Crippen molar-refractivity contribution < 1.29 is 19.1 Å². The molecule has 0 aliphatic heterocycles. The molecule has 0 saturated carbocycles. The number of esters is 1. The van der Waals surface area contributed by atoms with Gasteiger partial charge in [0, 0.05) is 6.92 Å². The van der Waals surface area contributed by atoms with E-state index in [0.717, 1.165) is 5.56 Å². The van der Waals surface area contributed by atoms with Crippen molar-refractivity contribution in [1.82, 2.24) is 5.32 Å². The number of carbonyl (C=O) groups is 2. The van der Waals surface area contributed by atoms with Gasteiger partial charge in [-0.1, -0.05) is 30.3 Å². The second-order valence-electron chi connectivity index (χ2n) is 5.41. The summed E-state index contributed by atoms with van der Waals surface area (Å²) in [5.41, 5.74) is 0.270. The number of hydrogen-bond acceptors (Lipinski definition) is 4. The van der Waals surface area contributed by atoms with Crippen LogP contribution in [0.15, 0.2) is 30.3 Å². The molecule has 5 nitrogen and oxygen atoms in total. The zero-order valence-corrected chi connectivity index (χ0v) is 12.3. The van der Waals surface area contributed by atoms with E-state index in [2.05, 4.69) is 5.32 Å². The van der Waals surface area contributed by atoms with Crippen LogP contribution in [0.1, 0.15) is 39.3 Å². The lowest BCUT2D eigenvalue weighted by Crippen LogP contribution is -2.36. The van der Waals surface area contributed by atoms with Crippen molar-refractivity contribution in [2.24, 2.45) is 0 Å². The summed E-state index contributed by atoms with van der Waals surface area (Å²) >= 11 is 0. The topological polar surface area (TPSA) is 64.6 Å². The first-order chi connectivity index (χ1) is 9.28. The minimum atomic E-state index is -0.577. The molecule has 20 heavy (non-hydrogen) atoms. The quantitative estimate of drug-likeness (QED) is 0.861. The van der Waals surface area contributed by atoms with Gasteiger partial charge in [-0.2, -0.15) is 0 Å². The highest BCUT2D eigenvalue weighted by atomic mass is 16.6. The third-order valence-corrected chi connectivity index (χ3v) is 2.35. The largest absolute Gasteiger partial charge is 0.463 e. The van der Waals surface area contributed by atoms with Crippen LogP contribution in [0.4, 0.5) is 4.79 Å². The number of carbonyl (C=O) groups excluding carboxylic acids is 2. The van der Waals surface area contributed by atoms with E-state index < -0.39 is 23.7 Å². The van der Waals surface area contributed by atoms with E-state index in [-0.39, 0.29) is 6.61 Å². The van der Waals surface area contributed by atoms with Crippen molar-refractivity contribution >= 4 is 12.1 Å². The molecule has 0 heterocycles. The first-order valence-electron chi connectivity index (χ1n) is 6.46. The van der Waals surface area contributed by atoms with Crippen molar-refractivity contribution in [2.45, 2.75) is 39.3 Å². The van der Waals surface area contributed by atoms with Gasteiger partial charge in [0.05, 0.1) is 6.04 Å². The zero-order chi connectivity index (χ0) is 15.2. The number of benzene rings is 1. The number of amides is 1. The van der Waals surface area contributed by atoms with E-state index >= 15 is 0 Å². The molecular formula is C15H21NO4. The van der Waals surface area contributed by atoms with Crippen LogP contribution < -0.4 is 5.32 Å². The van der Waals surface area contributed by atoms with Gasteiger partial charge in [0.25, 0.3) is 0 Å². The molecule has 1 N–H and O–H groups in total. The fourth-order valence-corrected chi connectivity index (χ4v) is 1.56. The van der Waals surface area contributed by atoms with Gasteiger partial charge < -0.3 is 14.8 Å². The number of hydrogen-bond donors (Lipinski definition) is 1. The SMILES string of the molecule is CC(=O)OC[C@@H](NC(=O)OC(C)(C)C)c1ccccc1. The molecule has 1 amide bonds. The highest BCUT2D eigenvalue weighted by molar-refractivity contribution is 5.69. The number of rotatable bonds is 4. The lowest BCUT2D eigenvalue weighted by molar-refractivity contribution is -0.141. The molecule has 0 spiro atoms. The molecule has 1 aromatic rings. The number of alkyl carbamates (subject to hydrolysis) is 1. The molecular weight excluding hydrogens is 258 g/mol. The Balaban J connectivity index is 2.73. The lowest BCUT2D eigenvalue weighted by atomic mass is 10.1. The Kier molecular flexibility index (Phi) is 5.55. The molecule has 1 atom stereocenters. The van der Waals surface area contributed by atoms with Crippen LogP contribution in [0, 0.1) is 0 Å². The van der Waals surface area contributed by atoms with E-state index in [0.29, 0.717) is 0 Å². The van der Waals surface area contributed by atoms with Crippen molar-refractivity contribution in [1.29, 1.82) is 0 Å². The Labute approximate surface area is 119 Å². The fraction of sp³-hybridized carbons (Fsp3) is 0.467. The molecule has 0 aromatic heterocycles. The molecule has 1 aromatic carbocycles. The second-order valence-corrected chi connectivity index (χ2v) is 5.41. The third-order valence-electron chi connectivity index (χ3n) is 2.35. The maximum absolute atomic E-state index is 11.8. The van der Waals surface area contributed by atoms with Crippen molar-refractivity contribution in [3.8, 4) is 0 Å². The minimum absolute atomic E-state index is 0.0680. The van der Waals surface area contributed by atoms with E-state index in [1.165, 1.54) is 6.92 Å². The molecule has 1 rings (SSSR count). The highest BCUT2D eigenvalue weighted by Gasteiger charge is 2.21. The van der Waals surface area contributed by atoms with Crippen LogP contribution >= 0.6 is 0 Å². The van der Waals surface area contributed by atoms with Gasteiger partial charge in [0.2, 0.25) is 0 Å². The first-order valence-corrected chi connectivity index (χ1v) is 6.46. The molecule has 0 radical (unpaired) electrons. The molecule has 0 fully saturated rings. The van der Waals surface area contributed by atoms with E-state index in [1.54, 1.807) is 20.8 Å². The van der Waals surface area contributed by atoms with Crippen LogP contribution in [0.5, 0.6) is 0 Å². The van der Waals surface area contributed by atoms with E-state index in [9.17, 15) is 9.59 Å². The van der Waals surface area contributed by atoms with Gasteiger partial charge in [0.1, 0.15) is 12.2 Å². The van der Waals surface area contributed by atoms with E-state index in [4.69, 9.17) is 9.47 Å². The van der Waals surface area contributed by atoms with Gasteiger partial charge >= 0.3 is 12.1 Å². The minimum Gasteiger partial charge on any atom is -0.463 e. The maximum atomic E-state index is 11.8. The van der Waals surface area contributed by atoms with E-state index in [1.807, 2.05) is 30.3 Å². The second kappa shape index (κ2) is 6.93. The Hall–Kier alpha value is -2.04. The molecule has 5 heteroatoms. The average Bonchev–Trinajstić information content (AvgIpc) is 2.33. The molecule has 0 aliphatic carbocycles. The molecule has 0 bridgehead atoms. The Morgan fingerprint density at radius 3 is 2.30 bits per heavy atom. The van der Waals surface area contributed by atoms with Crippen LogP contribution in [0.2, 0.25) is 0 Å². The predicted octanol–water partition coefficient (Wildman–Crippen LogP) is 2.82. The zero-order valence-electron chi connectivity index (χ0n) is 12.3. The van der Waals surface area contributed by atoms with Crippen molar-refractivity contribution in [3.63, 3.8) is 0 Å². The molecule has 0 saturated heterocycles. The first kappa shape index (κ1) is 16.0.